The van der Waals surface area contributed by atoms with E-state index in [0.29, 0.717) is 22.3 Å². The SMILES string of the molecule is Cc1cc(C(=O)O[C@@H](C)C(=O)Nc2ccc3[nH]c(=O)[nH]c3c2)c(C)s1. The minimum atomic E-state index is -0.951. The van der Waals surface area contributed by atoms with Gasteiger partial charge in [-0.05, 0) is 45.0 Å². The Kier molecular flexibility index (Phi) is 4.45. The molecule has 0 fully saturated rings. The Morgan fingerprint density at radius 1 is 1.16 bits per heavy atom. The Morgan fingerprint density at radius 3 is 2.56 bits per heavy atom. The highest BCUT2D eigenvalue weighted by atomic mass is 32.1. The van der Waals surface area contributed by atoms with Crippen molar-refractivity contribution in [1.29, 1.82) is 0 Å². The summed E-state index contributed by atoms with van der Waals surface area (Å²) in [5.74, 6) is -0.967. The fraction of sp³-hybridized carbons (Fsp3) is 0.235. The largest absolute Gasteiger partial charge is 0.449 e. The summed E-state index contributed by atoms with van der Waals surface area (Å²) in [7, 11) is 0. The van der Waals surface area contributed by atoms with Crippen LogP contribution in [-0.4, -0.2) is 27.9 Å². The molecule has 0 bridgehead atoms. The molecule has 2 aromatic heterocycles. The van der Waals surface area contributed by atoms with E-state index in [1.54, 1.807) is 24.3 Å². The number of imidazole rings is 1. The van der Waals surface area contributed by atoms with Gasteiger partial charge in [-0.25, -0.2) is 9.59 Å². The minimum Gasteiger partial charge on any atom is -0.449 e. The normalized spacial score (nSPS) is 12.1. The molecule has 0 saturated carbocycles. The molecular weight excluding hydrogens is 342 g/mol. The number of hydrogen-bond donors (Lipinski definition) is 3. The Hall–Kier alpha value is -2.87. The number of aryl methyl sites for hydroxylation is 2. The monoisotopic (exact) mass is 359 g/mol. The molecule has 3 aromatic rings. The first-order valence-corrected chi connectivity index (χ1v) is 8.46. The van der Waals surface area contributed by atoms with Crippen molar-refractivity contribution in [1.82, 2.24) is 9.97 Å². The van der Waals surface area contributed by atoms with Crippen LogP contribution in [0.25, 0.3) is 11.0 Å². The predicted molar refractivity (Wildman–Crippen MR) is 96.2 cm³/mol. The van der Waals surface area contributed by atoms with Crippen molar-refractivity contribution in [3.63, 3.8) is 0 Å². The average molecular weight is 359 g/mol. The van der Waals surface area contributed by atoms with Crippen molar-refractivity contribution in [3.05, 3.63) is 50.1 Å². The number of aromatic amines is 2. The highest BCUT2D eigenvalue weighted by Gasteiger charge is 2.21. The van der Waals surface area contributed by atoms with E-state index in [0.717, 1.165) is 9.75 Å². The number of ether oxygens (including phenoxy) is 1. The highest BCUT2D eigenvalue weighted by Crippen LogP contribution is 2.22. The quantitative estimate of drug-likeness (QED) is 0.623. The molecule has 0 aliphatic carbocycles. The van der Waals surface area contributed by atoms with Crippen LogP contribution < -0.4 is 11.0 Å². The number of anilines is 1. The minimum absolute atomic E-state index is 0.317. The van der Waals surface area contributed by atoms with Crippen LogP contribution in [0.2, 0.25) is 0 Å². The van der Waals surface area contributed by atoms with Crippen LogP contribution in [0.4, 0.5) is 5.69 Å². The third kappa shape index (κ3) is 3.63. The number of esters is 1. The number of benzene rings is 1. The van der Waals surface area contributed by atoms with Gasteiger partial charge in [-0.15, -0.1) is 11.3 Å². The van der Waals surface area contributed by atoms with E-state index in [2.05, 4.69) is 15.3 Å². The lowest BCUT2D eigenvalue weighted by molar-refractivity contribution is -0.123. The van der Waals surface area contributed by atoms with Crippen LogP contribution in [0.5, 0.6) is 0 Å². The molecule has 0 aliphatic rings. The fourth-order valence-electron chi connectivity index (χ4n) is 2.47. The van der Waals surface area contributed by atoms with E-state index in [9.17, 15) is 14.4 Å². The van der Waals surface area contributed by atoms with Crippen LogP contribution in [0.3, 0.4) is 0 Å². The lowest BCUT2D eigenvalue weighted by Crippen LogP contribution is -2.30. The number of carbonyl (C=O) groups excluding carboxylic acids is 2. The molecule has 130 valence electrons. The summed E-state index contributed by atoms with van der Waals surface area (Å²) < 4.78 is 5.25. The Morgan fingerprint density at radius 2 is 1.88 bits per heavy atom. The number of aromatic nitrogens is 2. The molecule has 1 atom stereocenters. The second-order valence-corrected chi connectivity index (χ2v) is 7.16. The maximum atomic E-state index is 12.2. The Balaban J connectivity index is 1.68. The van der Waals surface area contributed by atoms with Gasteiger partial charge in [-0.3, -0.25) is 4.79 Å². The number of hydrogen-bond acceptors (Lipinski definition) is 5. The molecule has 2 heterocycles. The van der Waals surface area contributed by atoms with Gasteiger partial charge in [0.15, 0.2) is 6.10 Å². The third-order valence-electron chi connectivity index (χ3n) is 3.70. The van der Waals surface area contributed by atoms with Crippen LogP contribution in [0, 0.1) is 13.8 Å². The number of rotatable bonds is 4. The molecule has 1 aromatic carbocycles. The summed E-state index contributed by atoms with van der Waals surface area (Å²) in [4.78, 5) is 42.8. The second kappa shape index (κ2) is 6.56. The van der Waals surface area contributed by atoms with Gasteiger partial charge in [-0.1, -0.05) is 0 Å². The lowest BCUT2D eigenvalue weighted by Gasteiger charge is -2.13. The van der Waals surface area contributed by atoms with Gasteiger partial charge in [0.25, 0.3) is 5.91 Å². The average Bonchev–Trinajstić information content (AvgIpc) is 3.07. The van der Waals surface area contributed by atoms with E-state index in [1.165, 1.54) is 18.3 Å². The Bertz CT molecular complexity index is 1010. The molecule has 1 amide bonds. The molecule has 3 rings (SSSR count). The number of thiophene rings is 1. The van der Waals surface area contributed by atoms with Crippen molar-refractivity contribution in [3.8, 4) is 0 Å². The van der Waals surface area contributed by atoms with Crippen molar-refractivity contribution in [2.45, 2.75) is 26.9 Å². The maximum absolute atomic E-state index is 12.2. The fourth-order valence-corrected chi connectivity index (χ4v) is 3.38. The van der Waals surface area contributed by atoms with Crippen molar-refractivity contribution in [2.24, 2.45) is 0 Å². The summed E-state index contributed by atoms with van der Waals surface area (Å²) in [6.45, 7) is 5.26. The number of nitrogens with one attached hydrogen (secondary N) is 3. The standard InChI is InChI=1S/C17H17N3O4S/c1-8-6-12(10(3)25-8)16(22)24-9(2)15(21)18-11-4-5-13-14(7-11)20-17(23)19-13/h4-7,9H,1-3H3,(H,18,21)(H2,19,20,23)/t9-/m0/s1. The Labute approximate surface area is 147 Å². The van der Waals surface area contributed by atoms with E-state index in [1.807, 2.05) is 13.8 Å². The molecule has 8 heteroatoms. The molecule has 25 heavy (non-hydrogen) atoms. The van der Waals surface area contributed by atoms with E-state index in [4.69, 9.17) is 4.74 Å². The number of H-pyrrole nitrogens is 2. The zero-order chi connectivity index (χ0) is 18.1. The van der Waals surface area contributed by atoms with Crippen LogP contribution >= 0.6 is 11.3 Å². The lowest BCUT2D eigenvalue weighted by atomic mass is 10.2. The molecule has 3 N–H and O–H groups in total. The molecule has 0 spiro atoms. The van der Waals surface area contributed by atoms with Gasteiger partial charge in [0.05, 0.1) is 16.6 Å². The molecule has 0 unspecified atom stereocenters. The van der Waals surface area contributed by atoms with Crippen LogP contribution in [-0.2, 0) is 9.53 Å². The molecular formula is C17H17N3O4S. The molecule has 0 aliphatic heterocycles. The first-order valence-electron chi connectivity index (χ1n) is 7.64. The van der Waals surface area contributed by atoms with Crippen LogP contribution in [0.1, 0.15) is 27.0 Å². The third-order valence-corrected chi connectivity index (χ3v) is 4.66. The predicted octanol–water partition coefficient (Wildman–Crippen LogP) is 2.72. The van der Waals surface area contributed by atoms with Gasteiger partial charge in [0.2, 0.25) is 0 Å². The van der Waals surface area contributed by atoms with E-state index in [-0.39, 0.29) is 5.69 Å². The van der Waals surface area contributed by atoms with Gasteiger partial charge < -0.3 is 20.0 Å². The molecule has 7 nitrogen and oxygen atoms in total. The summed E-state index contributed by atoms with van der Waals surface area (Å²) in [5, 5.41) is 2.67. The van der Waals surface area contributed by atoms with E-state index >= 15 is 0 Å². The maximum Gasteiger partial charge on any atom is 0.340 e. The molecule has 0 saturated heterocycles. The summed E-state index contributed by atoms with van der Waals surface area (Å²) in [6, 6.07) is 6.72. The van der Waals surface area contributed by atoms with Crippen molar-refractivity contribution in [2.75, 3.05) is 5.32 Å². The topological polar surface area (TPSA) is 104 Å². The number of amides is 1. The zero-order valence-corrected chi connectivity index (χ0v) is 14.7. The zero-order valence-electron chi connectivity index (χ0n) is 13.9. The van der Waals surface area contributed by atoms with Gasteiger partial charge in [-0.2, -0.15) is 0 Å². The molecule has 0 radical (unpaired) electrons. The second-order valence-electron chi connectivity index (χ2n) is 5.70. The highest BCUT2D eigenvalue weighted by molar-refractivity contribution is 7.12. The summed E-state index contributed by atoms with van der Waals surface area (Å²) in [6.07, 6.45) is -0.951. The van der Waals surface area contributed by atoms with Gasteiger partial charge in [0.1, 0.15) is 0 Å². The number of carbonyl (C=O) groups is 2. The van der Waals surface area contributed by atoms with E-state index < -0.39 is 18.0 Å². The first kappa shape index (κ1) is 17.0. The van der Waals surface area contributed by atoms with Crippen LogP contribution in [0.15, 0.2) is 29.1 Å². The van der Waals surface area contributed by atoms with Crippen molar-refractivity contribution >= 4 is 39.9 Å². The number of fused-ring (bicyclic) bond motifs is 1. The first-order chi connectivity index (χ1) is 11.8. The van der Waals surface area contributed by atoms with Crippen molar-refractivity contribution < 1.29 is 14.3 Å². The van der Waals surface area contributed by atoms with Gasteiger partial charge in [0, 0.05) is 15.4 Å². The summed E-state index contributed by atoms with van der Waals surface area (Å²) >= 11 is 1.51. The summed E-state index contributed by atoms with van der Waals surface area (Å²) in [5.41, 5.74) is 1.89. The smallest absolute Gasteiger partial charge is 0.340 e. The van der Waals surface area contributed by atoms with Gasteiger partial charge >= 0.3 is 11.7 Å².